The molecule has 0 bridgehead atoms. The molecular weight excluding hydrogens is 514 g/mol. The monoisotopic (exact) mass is 547 g/mol. The van der Waals surface area contributed by atoms with Gasteiger partial charge in [-0.15, -0.1) is 0 Å². The number of aromatic nitrogens is 5. The van der Waals surface area contributed by atoms with Crippen molar-refractivity contribution in [3.63, 3.8) is 0 Å². The Morgan fingerprint density at radius 3 is 2.60 bits per heavy atom. The van der Waals surface area contributed by atoms with Gasteiger partial charge in [0.25, 0.3) is 0 Å². The molecule has 1 amide bonds. The lowest BCUT2D eigenvalue weighted by Gasteiger charge is -2.32. The summed E-state index contributed by atoms with van der Waals surface area (Å²) in [4.78, 5) is 29.6. The molecule has 2 aliphatic rings. The first-order valence-corrected chi connectivity index (χ1v) is 13.6. The number of nitrogens with one attached hydrogen (secondary N) is 1. The second-order valence-electron chi connectivity index (χ2n) is 10.1. The van der Waals surface area contributed by atoms with E-state index in [9.17, 15) is 4.79 Å². The lowest BCUT2D eigenvalue weighted by molar-refractivity contribution is -0.120. The quantitative estimate of drug-likeness (QED) is 0.361. The number of hydrogen-bond acceptors (Lipinski definition) is 10. The number of carbonyl (C=O) groups excluding carboxylic acids is 1. The summed E-state index contributed by atoms with van der Waals surface area (Å²) in [5.74, 6) is 3.27. The Morgan fingerprint density at radius 2 is 1.82 bits per heavy atom. The maximum absolute atomic E-state index is 13.3. The summed E-state index contributed by atoms with van der Waals surface area (Å²) >= 11 is 0. The van der Waals surface area contributed by atoms with Crippen LogP contribution in [0.4, 0.5) is 11.7 Å². The summed E-state index contributed by atoms with van der Waals surface area (Å²) < 4.78 is 24.0. The Balaban J connectivity index is 1.18. The maximum Gasteiger partial charge on any atom is 0.231 e. The molecule has 4 aromatic rings. The van der Waals surface area contributed by atoms with E-state index in [-0.39, 0.29) is 17.7 Å². The Bertz CT molecular complexity index is 1510. The normalized spacial score (nSPS) is 17.3. The fraction of sp³-hybridized carbons (Fsp3) is 0.464. The zero-order valence-corrected chi connectivity index (χ0v) is 23.0. The van der Waals surface area contributed by atoms with Gasteiger partial charge in [0.1, 0.15) is 17.8 Å². The highest BCUT2D eigenvalue weighted by Gasteiger charge is 2.30. The molecule has 1 atom stereocenters. The SMILES string of the molecule is COc1cc(-c2cc(NC(=O)C3CCCN(c4ncnc5c4nc4n5CCCCC4)C3)on2)cc(OC)c1OC. The van der Waals surface area contributed by atoms with E-state index in [2.05, 4.69) is 29.9 Å². The second kappa shape index (κ2) is 11.0. The van der Waals surface area contributed by atoms with E-state index >= 15 is 0 Å². The summed E-state index contributed by atoms with van der Waals surface area (Å²) in [5, 5.41) is 7.05. The van der Waals surface area contributed by atoms with Crippen LogP contribution in [-0.4, -0.2) is 65.0 Å². The number of benzene rings is 1. The molecular formula is C28H33N7O5. The lowest BCUT2D eigenvalue weighted by Crippen LogP contribution is -2.41. The van der Waals surface area contributed by atoms with Crippen molar-refractivity contribution >= 4 is 28.8 Å². The van der Waals surface area contributed by atoms with Crippen LogP contribution in [0, 0.1) is 5.92 Å². The number of aryl methyl sites for hydroxylation is 2. The van der Waals surface area contributed by atoms with Gasteiger partial charge in [-0.3, -0.25) is 10.1 Å². The van der Waals surface area contributed by atoms with Crippen molar-refractivity contribution in [3.05, 3.63) is 30.4 Å². The van der Waals surface area contributed by atoms with Crippen molar-refractivity contribution < 1.29 is 23.5 Å². The zero-order valence-electron chi connectivity index (χ0n) is 23.0. The number of ether oxygens (including phenoxy) is 3. The van der Waals surface area contributed by atoms with E-state index in [1.54, 1.807) is 45.9 Å². The number of nitrogens with zero attached hydrogens (tertiary/aromatic N) is 6. The van der Waals surface area contributed by atoms with Crippen LogP contribution in [0.5, 0.6) is 17.2 Å². The van der Waals surface area contributed by atoms with Crippen LogP contribution in [0.1, 0.15) is 37.9 Å². The summed E-state index contributed by atoms with van der Waals surface area (Å²) in [6.07, 6.45) is 7.68. The molecule has 1 unspecified atom stereocenters. The minimum atomic E-state index is -0.242. The van der Waals surface area contributed by atoms with E-state index in [1.165, 1.54) is 6.42 Å². The van der Waals surface area contributed by atoms with Crippen LogP contribution < -0.4 is 24.4 Å². The molecule has 1 N–H and O–H groups in total. The van der Waals surface area contributed by atoms with E-state index < -0.39 is 0 Å². The minimum absolute atomic E-state index is 0.122. The van der Waals surface area contributed by atoms with Gasteiger partial charge in [0.05, 0.1) is 27.2 Å². The molecule has 0 radical (unpaired) electrons. The highest BCUT2D eigenvalue weighted by Crippen LogP contribution is 2.41. The van der Waals surface area contributed by atoms with Gasteiger partial charge in [0.2, 0.25) is 17.5 Å². The average molecular weight is 548 g/mol. The summed E-state index contributed by atoms with van der Waals surface area (Å²) in [6.45, 7) is 2.28. The number of carbonyl (C=O) groups is 1. The first-order valence-electron chi connectivity index (χ1n) is 13.6. The Kier molecular flexibility index (Phi) is 7.14. The third-order valence-electron chi connectivity index (χ3n) is 7.68. The molecule has 40 heavy (non-hydrogen) atoms. The highest BCUT2D eigenvalue weighted by atomic mass is 16.5. The molecule has 1 aromatic carbocycles. The van der Waals surface area contributed by atoms with Crippen molar-refractivity contribution in [3.8, 4) is 28.5 Å². The molecule has 1 saturated heterocycles. The molecule has 0 aliphatic carbocycles. The summed E-state index contributed by atoms with van der Waals surface area (Å²) in [6, 6.07) is 5.24. The second-order valence-corrected chi connectivity index (χ2v) is 10.1. The van der Waals surface area contributed by atoms with Crippen molar-refractivity contribution in [2.24, 2.45) is 5.92 Å². The van der Waals surface area contributed by atoms with Crippen molar-refractivity contribution in [2.45, 2.75) is 45.1 Å². The number of imidazole rings is 1. The van der Waals surface area contributed by atoms with Gasteiger partial charge in [-0.1, -0.05) is 11.6 Å². The molecule has 1 fully saturated rings. The van der Waals surface area contributed by atoms with Crippen LogP contribution in [0.25, 0.3) is 22.4 Å². The number of rotatable bonds is 7. The largest absolute Gasteiger partial charge is 0.493 e. The van der Waals surface area contributed by atoms with Crippen LogP contribution >= 0.6 is 0 Å². The lowest BCUT2D eigenvalue weighted by atomic mass is 9.97. The molecule has 6 rings (SSSR count). The molecule has 3 aromatic heterocycles. The van der Waals surface area contributed by atoms with Crippen molar-refractivity contribution in [1.29, 1.82) is 0 Å². The fourth-order valence-electron chi connectivity index (χ4n) is 5.66. The van der Waals surface area contributed by atoms with E-state index in [0.717, 1.165) is 68.0 Å². The molecule has 2 aliphatic heterocycles. The predicted octanol–water partition coefficient (Wildman–Crippen LogP) is 4.09. The van der Waals surface area contributed by atoms with E-state index in [1.807, 2.05) is 0 Å². The number of anilines is 2. The van der Waals surface area contributed by atoms with E-state index in [0.29, 0.717) is 35.1 Å². The van der Waals surface area contributed by atoms with Gasteiger partial charge in [-0.2, -0.15) is 0 Å². The van der Waals surface area contributed by atoms with Gasteiger partial charge in [-0.05, 0) is 37.8 Å². The standard InChI is InChI=1S/C28H33N7O5/c1-37-20-12-18(13-21(38-2)25(20)39-3)19-14-23(40-33-19)32-28(36)17-8-7-10-34(15-17)26-24-27(30-16-29-26)35-11-6-4-5-9-22(35)31-24/h12-14,16-17H,4-11,15H2,1-3H3,(H,32,36). The van der Waals surface area contributed by atoms with Gasteiger partial charge in [-0.25, -0.2) is 15.0 Å². The Hall–Kier alpha value is -4.35. The first-order chi connectivity index (χ1) is 19.6. The smallest absolute Gasteiger partial charge is 0.231 e. The number of amides is 1. The molecule has 210 valence electrons. The number of piperidine rings is 1. The average Bonchev–Trinajstić information content (AvgIpc) is 3.53. The first kappa shape index (κ1) is 25.9. The van der Waals surface area contributed by atoms with Crippen LogP contribution in [0.2, 0.25) is 0 Å². The number of methoxy groups -OCH3 is 3. The van der Waals surface area contributed by atoms with Gasteiger partial charge >= 0.3 is 0 Å². The third kappa shape index (κ3) is 4.78. The minimum Gasteiger partial charge on any atom is -0.493 e. The van der Waals surface area contributed by atoms with Gasteiger partial charge < -0.3 is 28.2 Å². The molecule has 12 heteroatoms. The fourth-order valence-corrected chi connectivity index (χ4v) is 5.66. The van der Waals surface area contributed by atoms with Crippen molar-refractivity contribution in [2.75, 3.05) is 44.6 Å². The molecule has 0 spiro atoms. The molecule has 12 nitrogen and oxygen atoms in total. The van der Waals surface area contributed by atoms with Crippen LogP contribution in [0.3, 0.4) is 0 Å². The number of fused-ring (bicyclic) bond motifs is 3. The van der Waals surface area contributed by atoms with Gasteiger partial charge in [0.15, 0.2) is 28.5 Å². The Labute approximate surface area is 231 Å². The van der Waals surface area contributed by atoms with Gasteiger partial charge in [0, 0.05) is 37.7 Å². The maximum atomic E-state index is 13.3. The highest BCUT2D eigenvalue weighted by molar-refractivity contribution is 5.93. The molecule has 0 saturated carbocycles. The molecule has 5 heterocycles. The third-order valence-corrected chi connectivity index (χ3v) is 7.68. The number of hydrogen-bond donors (Lipinski definition) is 1. The van der Waals surface area contributed by atoms with E-state index in [4.69, 9.17) is 23.7 Å². The predicted molar refractivity (Wildman–Crippen MR) is 148 cm³/mol. The topological polar surface area (TPSA) is 130 Å². The summed E-state index contributed by atoms with van der Waals surface area (Å²) in [7, 11) is 4.66. The van der Waals surface area contributed by atoms with Crippen LogP contribution in [-0.2, 0) is 17.8 Å². The summed E-state index contributed by atoms with van der Waals surface area (Å²) in [5.41, 5.74) is 2.94. The van der Waals surface area contributed by atoms with Crippen molar-refractivity contribution in [1.82, 2.24) is 24.7 Å². The Morgan fingerprint density at radius 1 is 1.00 bits per heavy atom. The zero-order chi connectivity index (χ0) is 27.6. The van der Waals surface area contributed by atoms with Crippen LogP contribution in [0.15, 0.2) is 29.0 Å².